The summed E-state index contributed by atoms with van der Waals surface area (Å²) in [4.78, 5) is 13.2. The lowest BCUT2D eigenvalue weighted by atomic mass is 9.54. The lowest BCUT2D eigenvalue weighted by molar-refractivity contribution is -0.0119. The number of hydrogen-bond acceptors (Lipinski definition) is 1. The van der Waals surface area contributed by atoms with Crippen LogP contribution in [0.5, 0.6) is 0 Å². The minimum atomic E-state index is 0.149. The highest BCUT2D eigenvalue weighted by molar-refractivity contribution is 5.96. The van der Waals surface area contributed by atoms with Gasteiger partial charge in [0.25, 0.3) is 5.91 Å². The topological polar surface area (TPSA) is 29.1 Å². The van der Waals surface area contributed by atoms with Gasteiger partial charge in [-0.2, -0.15) is 0 Å². The lowest BCUT2D eigenvalue weighted by Crippen LogP contribution is -2.55. The molecule has 1 N–H and O–H groups in total. The number of carbonyl (C=O) groups is 1. The fraction of sp³-hybridized carbons (Fsp3) is 0.480. The van der Waals surface area contributed by atoms with Gasteiger partial charge in [-0.25, -0.2) is 0 Å². The van der Waals surface area contributed by atoms with Crippen molar-refractivity contribution in [2.75, 3.05) is 0 Å². The minimum absolute atomic E-state index is 0.149. The molecule has 6 rings (SSSR count). The van der Waals surface area contributed by atoms with Gasteiger partial charge in [0.1, 0.15) is 0 Å². The molecule has 2 aromatic carbocycles. The van der Waals surface area contributed by atoms with Crippen molar-refractivity contribution in [1.29, 1.82) is 0 Å². The Morgan fingerprint density at radius 2 is 1.41 bits per heavy atom. The zero-order valence-corrected chi connectivity index (χ0v) is 15.9. The molecule has 0 spiro atoms. The summed E-state index contributed by atoms with van der Waals surface area (Å²) in [7, 11) is 0. The number of amides is 1. The van der Waals surface area contributed by atoms with E-state index in [0.717, 1.165) is 42.1 Å². The van der Waals surface area contributed by atoms with Gasteiger partial charge >= 0.3 is 0 Å². The molecule has 4 aliphatic carbocycles. The molecule has 140 valence electrons. The summed E-state index contributed by atoms with van der Waals surface area (Å²) >= 11 is 0. The molecule has 0 unspecified atom stereocenters. The van der Waals surface area contributed by atoms with Crippen molar-refractivity contribution in [1.82, 2.24) is 5.32 Å². The van der Waals surface area contributed by atoms with E-state index in [1.165, 1.54) is 43.2 Å². The maximum absolute atomic E-state index is 13.2. The van der Waals surface area contributed by atoms with Crippen molar-refractivity contribution in [3.63, 3.8) is 0 Å². The average molecular weight is 360 g/mol. The van der Waals surface area contributed by atoms with Crippen LogP contribution in [0.4, 0.5) is 0 Å². The Bertz CT molecular complexity index is 784. The molecule has 4 bridgehead atoms. The van der Waals surface area contributed by atoms with Crippen molar-refractivity contribution in [3.8, 4) is 0 Å². The molecule has 0 aromatic heterocycles. The summed E-state index contributed by atoms with van der Waals surface area (Å²) in [6, 6.07) is 19.1. The second-order valence-corrected chi connectivity index (χ2v) is 9.07. The molecule has 1 amide bonds. The first-order chi connectivity index (χ1) is 13.3. The standard InChI is InChI=1S/C25H29NO/c27-25(26-24-21-13-18-12-19(15-21)16-22(24)14-18)23-9-5-4-8-20(23)11-10-17-6-2-1-3-7-17/h1-9,18-19,21-22,24H,10-16H2,(H,26,27). The Labute approximate surface area is 162 Å². The molecule has 0 aliphatic heterocycles. The lowest BCUT2D eigenvalue weighted by Gasteiger charge is -2.54. The molecule has 4 fully saturated rings. The molecule has 2 nitrogen and oxygen atoms in total. The van der Waals surface area contributed by atoms with Crippen molar-refractivity contribution in [2.45, 2.75) is 51.0 Å². The molecular formula is C25H29NO. The largest absolute Gasteiger partial charge is 0.349 e. The predicted molar refractivity (Wildman–Crippen MR) is 109 cm³/mol. The van der Waals surface area contributed by atoms with E-state index in [9.17, 15) is 4.79 Å². The predicted octanol–water partition coefficient (Wildman–Crippen LogP) is 5.03. The smallest absolute Gasteiger partial charge is 0.251 e. The van der Waals surface area contributed by atoms with Crippen LogP contribution in [0.2, 0.25) is 0 Å². The maximum atomic E-state index is 13.2. The van der Waals surface area contributed by atoms with Gasteiger partial charge in [-0.3, -0.25) is 4.79 Å². The van der Waals surface area contributed by atoms with Crippen LogP contribution in [0.25, 0.3) is 0 Å². The fourth-order valence-electron chi connectivity index (χ4n) is 6.27. The van der Waals surface area contributed by atoms with E-state index in [-0.39, 0.29) is 5.91 Å². The Kier molecular flexibility index (Phi) is 4.51. The molecule has 0 radical (unpaired) electrons. The van der Waals surface area contributed by atoms with Gasteiger partial charge in [0.2, 0.25) is 0 Å². The average Bonchev–Trinajstić information content (AvgIpc) is 2.69. The van der Waals surface area contributed by atoms with Gasteiger partial charge in [0, 0.05) is 11.6 Å². The summed E-state index contributed by atoms with van der Waals surface area (Å²) in [5, 5.41) is 3.48. The fourth-order valence-corrected chi connectivity index (χ4v) is 6.27. The normalized spacial score (nSPS) is 31.0. The van der Waals surface area contributed by atoms with Crippen LogP contribution in [0.3, 0.4) is 0 Å². The van der Waals surface area contributed by atoms with Crippen LogP contribution in [-0.4, -0.2) is 11.9 Å². The summed E-state index contributed by atoms with van der Waals surface area (Å²) in [6.45, 7) is 0. The number of hydrogen-bond donors (Lipinski definition) is 1. The monoisotopic (exact) mass is 359 g/mol. The summed E-state index contributed by atoms with van der Waals surface area (Å²) in [5.74, 6) is 3.48. The van der Waals surface area contributed by atoms with Crippen LogP contribution >= 0.6 is 0 Å². The SMILES string of the molecule is O=C(NC1C2CC3CC(C2)CC1C3)c1ccccc1CCc1ccccc1. The number of carbonyl (C=O) groups excluding carboxylic acids is 1. The quantitative estimate of drug-likeness (QED) is 0.797. The number of aryl methyl sites for hydroxylation is 2. The third kappa shape index (κ3) is 3.42. The molecule has 0 heterocycles. The van der Waals surface area contributed by atoms with Crippen LogP contribution in [-0.2, 0) is 12.8 Å². The zero-order chi connectivity index (χ0) is 18.2. The van der Waals surface area contributed by atoms with Crippen molar-refractivity contribution in [3.05, 3.63) is 71.3 Å². The second-order valence-electron chi connectivity index (χ2n) is 9.07. The van der Waals surface area contributed by atoms with E-state index in [0.29, 0.717) is 6.04 Å². The summed E-state index contributed by atoms with van der Waals surface area (Å²) in [6.07, 6.45) is 8.71. The zero-order valence-electron chi connectivity index (χ0n) is 15.9. The van der Waals surface area contributed by atoms with Gasteiger partial charge in [0.15, 0.2) is 0 Å². The van der Waals surface area contributed by atoms with Crippen LogP contribution in [0, 0.1) is 23.7 Å². The molecule has 4 aliphatic rings. The molecule has 2 heteroatoms. The second kappa shape index (κ2) is 7.14. The van der Waals surface area contributed by atoms with Gasteiger partial charge in [-0.1, -0.05) is 48.5 Å². The van der Waals surface area contributed by atoms with E-state index in [4.69, 9.17) is 0 Å². The molecule has 4 saturated carbocycles. The first-order valence-corrected chi connectivity index (χ1v) is 10.7. The van der Waals surface area contributed by atoms with E-state index >= 15 is 0 Å². The van der Waals surface area contributed by atoms with Crippen molar-refractivity contribution < 1.29 is 4.79 Å². The first kappa shape index (κ1) is 17.0. The Balaban J connectivity index is 1.29. The number of nitrogens with one attached hydrogen (secondary N) is 1. The van der Waals surface area contributed by atoms with Gasteiger partial charge in [-0.15, -0.1) is 0 Å². The molecule has 2 aromatic rings. The van der Waals surface area contributed by atoms with Crippen molar-refractivity contribution >= 4 is 5.91 Å². The Hall–Kier alpha value is -2.09. The molecular weight excluding hydrogens is 330 g/mol. The molecule has 27 heavy (non-hydrogen) atoms. The number of rotatable bonds is 5. The molecule has 0 saturated heterocycles. The first-order valence-electron chi connectivity index (χ1n) is 10.7. The Morgan fingerprint density at radius 1 is 0.778 bits per heavy atom. The third-order valence-electron chi connectivity index (χ3n) is 7.31. The number of benzene rings is 2. The summed E-state index contributed by atoms with van der Waals surface area (Å²) < 4.78 is 0. The van der Waals surface area contributed by atoms with Gasteiger partial charge in [0.05, 0.1) is 0 Å². The van der Waals surface area contributed by atoms with Crippen molar-refractivity contribution in [2.24, 2.45) is 23.7 Å². The van der Waals surface area contributed by atoms with Gasteiger partial charge < -0.3 is 5.32 Å². The third-order valence-corrected chi connectivity index (χ3v) is 7.31. The highest BCUT2D eigenvalue weighted by Gasteiger charge is 2.48. The highest BCUT2D eigenvalue weighted by atomic mass is 16.1. The Morgan fingerprint density at radius 3 is 2.11 bits per heavy atom. The van der Waals surface area contributed by atoms with Gasteiger partial charge in [-0.05, 0) is 85.8 Å². The van der Waals surface area contributed by atoms with E-state index in [2.05, 4.69) is 47.8 Å². The molecule has 0 atom stereocenters. The van der Waals surface area contributed by atoms with E-state index in [1.54, 1.807) is 0 Å². The minimum Gasteiger partial charge on any atom is -0.349 e. The van der Waals surface area contributed by atoms with Crippen LogP contribution in [0.1, 0.15) is 53.6 Å². The van der Waals surface area contributed by atoms with Crippen LogP contribution in [0.15, 0.2) is 54.6 Å². The van der Waals surface area contributed by atoms with E-state index in [1.807, 2.05) is 12.1 Å². The highest BCUT2D eigenvalue weighted by Crippen LogP contribution is 2.53. The maximum Gasteiger partial charge on any atom is 0.251 e. The van der Waals surface area contributed by atoms with Crippen LogP contribution < -0.4 is 5.32 Å². The summed E-state index contributed by atoms with van der Waals surface area (Å²) in [5.41, 5.74) is 3.37. The van der Waals surface area contributed by atoms with E-state index < -0.39 is 0 Å².